The summed E-state index contributed by atoms with van der Waals surface area (Å²) in [6, 6.07) is 0. The first kappa shape index (κ1) is 36.3. The van der Waals surface area contributed by atoms with Crippen molar-refractivity contribution in [1.29, 1.82) is 0 Å². The Balaban J connectivity index is 2.00. The maximum atomic E-state index is 13.4. The fourth-order valence-corrected chi connectivity index (χ4v) is 6.20. The number of carbonyl (C=O) groups is 5. The van der Waals surface area contributed by atoms with Crippen LogP contribution in [0.3, 0.4) is 0 Å². The van der Waals surface area contributed by atoms with Crippen LogP contribution in [0.1, 0.15) is 126 Å². The maximum Gasteiger partial charge on any atom is 0.408 e. The molecule has 0 aliphatic heterocycles. The van der Waals surface area contributed by atoms with Crippen molar-refractivity contribution >= 4 is 29.8 Å². The molecule has 0 saturated heterocycles. The molecule has 0 atom stereocenters. The molecule has 2 rings (SSSR count). The van der Waals surface area contributed by atoms with E-state index in [9.17, 15) is 24.0 Å². The molecule has 2 aliphatic rings. The number of nitrogens with one attached hydrogen (secondary N) is 4. The highest BCUT2D eigenvalue weighted by atomic mass is 16.6. The summed E-state index contributed by atoms with van der Waals surface area (Å²) < 4.78 is 10.2. The number of ether oxygens (including phenoxy) is 2. The number of amides is 4. The molecular formula is C32H56N4O7. The number of alkyl carbamates (subject to hydrolysis) is 1. The Hall–Kier alpha value is -2.85. The topological polar surface area (TPSA) is 152 Å². The lowest BCUT2D eigenvalue weighted by Gasteiger charge is -2.39. The molecule has 11 heteroatoms. The van der Waals surface area contributed by atoms with Gasteiger partial charge in [0.25, 0.3) is 0 Å². The van der Waals surface area contributed by atoms with E-state index in [1.54, 1.807) is 48.5 Å². The van der Waals surface area contributed by atoms with Crippen LogP contribution in [-0.2, 0) is 28.7 Å². The van der Waals surface area contributed by atoms with Crippen LogP contribution in [0.25, 0.3) is 0 Å². The molecule has 2 fully saturated rings. The Morgan fingerprint density at radius 2 is 1.05 bits per heavy atom. The van der Waals surface area contributed by atoms with Gasteiger partial charge in [0.15, 0.2) is 0 Å². The average molecular weight is 609 g/mol. The molecule has 2 aliphatic carbocycles. The van der Waals surface area contributed by atoms with E-state index in [-0.39, 0.29) is 48.5 Å². The molecule has 0 heterocycles. The van der Waals surface area contributed by atoms with Crippen molar-refractivity contribution in [2.75, 3.05) is 20.2 Å². The minimum absolute atomic E-state index is 0.163. The van der Waals surface area contributed by atoms with Gasteiger partial charge in [0.2, 0.25) is 17.7 Å². The smallest absolute Gasteiger partial charge is 0.408 e. The number of rotatable bonds is 12. The summed E-state index contributed by atoms with van der Waals surface area (Å²) in [7, 11) is 1.38. The van der Waals surface area contributed by atoms with Crippen molar-refractivity contribution < 1.29 is 33.4 Å². The van der Waals surface area contributed by atoms with Crippen LogP contribution in [0.15, 0.2) is 0 Å². The highest BCUT2D eigenvalue weighted by Crippen LogP contribution is 2.40. The first-order valence-electron chi connectivity index (χ1n) is 15.8. The molecule has 246 valence electrons. The van der Waals surface area contributed by atoms with E-state index < -0.39 is 28.2 Å². The van der Waals surface area contributed by atoms with Gasteiger partial charge in [0.1, 0.15) is 16.7 Å². The minimum Gasteiger partial charge on any atom is -0.469 e. The molecule has 0 unspecified atom stereocenters. The van der Waals surface area contributed by atoms with Gasteiger partial charge in [-0.1, -0.05) is 38.5 Å². The fraction of sp³-hybridized carbons (Fsp3) is 0.844. The second-order valence-corrected chi connectivity index (χ2v) is 14.8. The Labute approximate surface area is 257 Å². The summed E-state index contributed by atoms with van der Waals surface area (Å²) in [4.78, 5) is 64.1. The lowest BCUT2D eigenvalue weighted by atomic mass is 9.71. The highest BCUT2D eigenvalue weighted by Gasteiger charge is 2.41. The van der Waals surface area contributed by atoms with Gasteiger partial charge in [-0.25, -0.2) is 4.79 Å². The molecule has 0 aromatic carbocycles. The monoisotopic (exact) mass is 608 g/mol. The highest BCUT2D eigenvalue weighted by molar-refractivity contribution is 5.91. The van der Waals surface area contributed by atoms with Crippen LogP contribution in [0.4, 0.5) is 4.79 Å². The van der Waals surface area contributed by atoms with Crippen LogP contribution >= 0.6 is 0 Å². The second kappa shape index (κ2) is 14.8. The molecule has 0 aromatic rings. The van der Waals surface area contributed by atoms with Crippen LogP contribution in [0, 0.1) is 10.8 Å². The zero-order chi connectivity index (χ0) is 32.5. The van der Waals surface area contributed by atoms with Crippen molar-refractivity contribution in [3.05, 3.63) is 0 Å². The van der Waals surface area contributed by atoms with E-state index in [4.69, 9.17) is 9.47 Å². The van der Waals surface area contributed by atoms with Crippen LogP contribution in [0.2, 0.25) is 0 Å². The number of methoxy groups -OCH3 is 1. The van der Waals surface area contributed by atoms with E-state index in [2.05, 4.69) is 21.3 Å². The maximum absolute atomic E-state index is 13.4. The molecule has 4 amide bonds. The van der Waals surface area contributed by atoms with E-state index in [0.717, 1.165) is 64.2 Å². The Morgan fingerprint density at radius 1 is 0.628 bits per heavy atom. The molecule has 2 saturated carbocycles. The molecule has 0 bridgehead atoms. The summed E-state index contributed by atoms with van der Waals surface area (Å²) in [5.41, 5.74) is -3.88. The third-order valence-electron chi connectivity index (χ3n) is 8.76. The van der Waals surface area contributed by atoms with Gasteiger partial charge in [0, 0.05) is 19.5 Å². The predicted octanol–water partition coefficient (Wildman–Crippen LogP) is 4.27. The molecule has 43 heavy (non-hydrogen) atoms. The summed E-state index contributed by atoms with van der Waals surface area (Å²) in [6.45, 7) is 12.4. The lowest BCUT2D eigenvalue weighted by Crippen LogP contribution is -2.58. The lowest BCUT2D eigenvalue weighted by molar-refractivity contribution is -0.144. The second-order valence-electron chi connectivity index (χ2n) is 14.8. The Morgan fingerprint density at radius 3 is 1.47 bits per heavy atom. The molecule has 11 nitrogen and oxygen atoms in total. The molecule has 4 N–H and O–H groups in total. The van der Waals surface area contributed by atoms with Crippen LogP contribution in [0.5, 0.6) is 0 Å². The zero-order valence-corrected chi connectivity index (χ0v) is 27.8. The SMILES string of the molecule is COC(=O)CC1(CNC(=O)C(C)(C)NC(=O)CC2(CNC(=O)C(C)(C)NC(=O)OC(C)(C)C)CCCCC2)CCCCC1. The molecule has 0 spiro atoms. The van der Waals surface area contributed by atoms with Gasteiger partial charge < -0.3 is 30.7 Å². The molecule has 0 aromatic heterocycles. The average Bonchev–Trinajstić information content (AvgIpc) is 2.89. The van der Waals surface area contributed by atoms with Crippen molar-refractivity contribution in [2.24, 2.45) is 10.8 Å². The Bertz CT molecular complexity index is 1000. The first-order valence-corrected chi connectivity index (χ1v) is 15.8. The third-order valence-corrected chi connectivity index (χ3v) is 8.76. The van der Waals surface area contributed by atoms with E-state index in [0.29, 0.717) is 6.54 Å². The van der Waals surface area contributed by atoms with Gasteiger partial charge in [0.05, 0.1) is 13.5 Å². The number of hydrogen-bond acceptors (Lipinski definition) is 7. The quantitative estimate of drug-likeness (QED) is 0.242. The standard InChI is InChI=1S/C32H56N4O7/c1-28(2,3)43-27(41)36-30(6,7)26(40)33-21-31(15-11-9-12-16-31)19-23(37)35-29(4,5)25(39)34-22-32(20-24(38)42-8)17-13-10-14-18-32/h9-22H2,1-8H3,(H,33,40)(H,34,39)(H,35,37)(H,36,41). The summed E-state index contributed by atoms with van der Waals surface area (Å²) in [5.74, 6) is -1.22. The summed E-state index contributed by atoms with van der Waals surface area (Å²) in [5, 5.41) is 11.5. The normalized spacial score (nSPS) is 18.5. The van der Waals surface area contributed by atoms with Gasteiger partial charge in [-0.15, -0.1) is 0 Å². The molecule has 0 radical (unpaired) electrons. The third kappa shape index (κ3) is 11.6. The zero-order valence-electron chi connectivity index (χ0n) is 27.8. The summed E-state index contributed by atoms with van der Waals surface area (Å²) in [6.07, 6.45) is 9.00. The van der Waals surface area contributed by atoms with E-state index in [1.165, 1.54) is 7.11 Å². The number of carbonyl (C=O) groups excluding carboxylic acids is 5. The summed E-state index contributed by atoms with van der Waals surface area (Å²) >= 11 is 0. The van der Waals surface area contributed by atoms with Gasteiger partial charge in [-0.2, -0.15) is 0 Å². The van der Waals surface area contributed by atoms with E-state index >= 15 is 0 Å². The predicted molar refractivity (Wildman–Crippen MR) is 164 cm³/mol. The first-order chi connectivity index (χ1) is 19.8. The van der Waals surface area contributed by atoms with Gasteiger partial charge in [-0.3, -0.25) is 19.2 Å². The number of hydrogen-bond donors (Lipinski definition) is 4. The van der Waals surface area contributed by atoms with Crippen molar-refractivity contribution in [3.63, 3.8) is 0 Å². The van der Waals surface area contributed by atoms with Crippen molar-refractivity contribution in [2.45, 2.75) is 142 Å². The van der Waals surface area contributed by atoms with Crippen molar-refractivity contribution in [1.82, 2.24) is 21.3 Å². The largest absolute Gasteiger partial charge is 0.469 e. The minimum atomic E-state index is -1.22. The molecular weight excluding hydrogens is 552 g/mol. The van der Waals surface area contributed by atoms with Crippen LogP contribution in [-0.4, -0.2) is 66.7 Å². The fourth-order valence-electron chi connectivity index (χ4n) is 6.20. The van der Waals surface area contributed by atoms with Crippen LogP contribution < -0.4 is 21.3 Å². The van der Waals surface area contributed by atoms with Crippen molar-refractivity contribution in [3.8, 4) is 0 Å². The van der Waals surface area contributed by atoms with Gasteiger partial charge in [-0.05, 0) is 85.0 Å². The Kier molecular flexibility index (Phi) is 12.5. The van der Waals surface area contributed by atoms with E-state index in [1.807, 2.05) is 0 Å². The number of esters is 1. The van der Waals surface area contributed by atoms with Gasteiger partial charge >= 0.3 is 12.1 Å².